The van der Waals surface area contributed by atoms with Crippen molar-refractivity contribution in [1.29, 1.82) is 0 Å². The van der Waals surface area contributed by atoms with E-state index in [1.165, 1.54) is 36.8 Å². The molecule has 0 aliphatic rings. The van der Waals surface area contributed by atoms with Crippen LogP contribution in [0.15, 0.2) is 78.1 Å². The van der Waals surface area contributed by atoms with Crippen LogP contribution in [0.25, 0.3) is 11.5 Å². The second kappa shape index (κ2) is 9.04. The fourth-order valence-electron chi connectivity index (χ4n) is 3.04. The number of benzene rings is 1. The van der Waals surface area contributed by atoms with Gasteiger partial charge in [-0.2, -0.15) is 0 Å². The molecular formula is C22H17FN6O2. The number of pyridine rings is 1. The number of nitrogens with one attached hydrogen (secondary N) is 2. The summed E-state index contributed by atoms with van der Waals surface area (Å²) in [5, 5.41) is 2.86. The number of hydrogen-bond acceptors (Lipinski definition) is 6. The van der Waals surface area contributed by atoms with E-state index in [-0.39, 0.29) is 17.7 Å². The number of halogens is 1. The lowest BCUT2D eigenvalue weighted by atomic mass is 10.0. The second-order valence-electron chi connectivity index (χ2n) is 6.67. The average molecular weight is 416 g/mol. The van der Waals surface area contributed by atoms with Crippen molar-refractivity contribution in [2.75, 3.05) is 0 Å². The quantitative estimate of drug-likeness (QED) is 0.499. The van der Waals surface area contributed by atoms with Crippen LogP contribution in [0, 0.1) is 5.82 Å². The molecule has 0 aliphatic heterocycles. The minimum atomic E-state index is -0.582. The maximum atomic E-state index is 13.4. The molecular weight excluding hydrogens is 399 g/mol. The molecule has 3 heterocycles. The Morgan fingerprint density at radius 3 is 2.61 bits per heavy atom. The van der Waals surface area contributed by atoms with Crippen LogP contribution in [0.5, 0.6) is 0 Å². The summed E-state index contributed by atoms with van der Waals surface area (Å²) in [4.78, 5) is 44.1. The smallest absolute Gasteiger partial charge is 0.271 e. The molecule has 9 heteroatoms. The van der Waals surface area contributed by atoms with Crippen molar-refractivity contribution in [3.63, 3.8) is 0 Å². The van der Waals surface area contributed by atoms with Gasteiger partial charge in [-0.25, -0.2) is 14.4 Å². The Labute approximate surface area is 176 Å². The topological polar surface area (TPSA) is 114 Å². The first-order chi connectivity index (χ1) is 15.1. The maximum absolute atomic E-state index is 13.4. The summed E-state index contributed by atoms with van der Waals surface area (Å²) in [6.45, 7) is 0. The summed E-state index contributed by atoms with van der Waals surface area (Å²) in [5.41, 5.74) is 1.41. The number of aromatic amines is 1. The number of rotatable bonds is 6. The van der Waals surface area contributed by atoms with E-state index >= 15 is 0 Å². The molecule has 0 saturated heterocycles. The third-order valence-corrected chi connectivity index (χ3v) is 4.49. The minimum absolute atomic E-state index is 0.141. The molecule has 4 aromatic rings. The molecule has 3 aromatic heterocycles. The average Bonchev–Trinajstić information content (AvgIpc) is 2.80. The molecule has 0 fully saturated rings. The van der Waals surface area contributed by atoms with E-state index < -0.39 is 17.8 Å². The van der Waals surface area contributed by atoms with Crippen molar-refractivity contribution < 1.29 is 9.18 Å². The first-order valence-corrected chi connectivity index (χ1v) is 9.42. The Balaban J connectivity index is 1.66. The lowest BCUT2D eigenvalue weighted by Crippen LogP contribution is -2.31. The van der Waals surface area contributed by atoms with E-state index in [0.29, 0.717) is 22.8 Å². The highest BCUT2D eigenvalue weighted by atomic mass is 19.1. The van der Waals surface area contributed by atoms with E-state index in [9.17, 15) is 14.0 Å². The number of aromatic nitrogens is 5. The lowest BCUT2D eigenvalue weighted by molar-refractivity contribution is 0.0931. The van der Waals surface area contributed by atoms with Crippen LogP contribution < -0.4 is 10.9 Å². The number of carbonyl (C=O) groups excluding carboxylic acids is 1. The van der Waals surface area contributed by atoms with Crippen LogP contribution in [0.4, 0.5) is 4.39 Å². The van der Waals surface area contributed by atoms with Crippen LogP contribution in [0.1, 0.15) is 27.8 Å². The van der Waals surface area contributed by atoms with Crippen molar-refractivity contribution in [2.45, 2.75) is 12.5 Å². The summed E-state index contributed by atoms with van der Waals surface area (Å²) in [6.07, 6.45) is 6.03. The van der Waals surface area contributed by atoms with Gasteiger partial charge < -0.3 is 10.3 Å². The number of H-pyrrole nitrogens is 1. The first-order valence-electron chi connectivity index (χ1n) is 9.42. The van der Waals surface area contributed by atoms with Crippen LogP contribution >= 0.6 is 0 Å². The van der Waals surface area contributed by atoms with Gasteiger partial charge in [-0.3, -0.25) is 19.6 Å². The fraction of sp³-hybridized carbons (Fsp3) is 0.0909. The van der Waals surface area contributed by atoms with Crippen LogP contribution in [0.3, 0.4) is 0 Å². The van der Waals surface area contributed by atoms with Crippen LogP contribution in [-0.2, 0) is 6.42 Å². The minimum Gasteiger partial charge on any atom is -0.343 e. The third-order valence-electron chi connectivity index (χ3n) is 4.49. The summed E-state index contributed by atoms with van der Waals surface area (Å²) in [7, 11) is 0. The highest BCUT2D eigenvalue weighted by molar-refractivity contribution is 5.92. The molecule has 0 saturated carbocycles. The van der Waals surface area contributed by atoms with Crippen molar-refractivity contribution in [2.24, 2.45) is 0 Å². The van der Waals surface area contributed by atoms with Crippen molar-refractivity contribution >= 4 is 5.91 Å². The van der Waals surface area contributed by atoms with E-state index in [1.54, 1.807) is 36.5 Å². The van der Waals surface area contributed by atoms with Gasteiger partial charge in [0.05, 0.1) is 17.9 Å². The van der Waals surface area contributed by atoms with E-state index in [0.717, 1.165) is 0 Å². The first kappa shape index (κ1) is 20.0. The molecule has 1 amide bonds. The van der Waals surface area contributed by atoms with Gasteiger partial charge in [0.2, 0.25) is 0 Å². The molecule has 1 aromatic carbocycles. The van der Waals surface area contributed by atoms with Gasteiger partial charge in [0.25, 0.3) is 11.5 Å². The summed E-state index contributed by atoms with van der Waals surface area (Å²) < 4.78 is 13.4. The summed E-state index contributed by atoms with van der Waals surface area (Å²) >= 11 is 0. The molecule has 0 bridgehead atoms. The molecule has 2 N–H and O–H groups in total. The Kier molecular flexibility index (Phi) is 5.84. The normalized spacial score (nSPS) is 11.6. The molecule has 0 aliphatic carbocycles. The molecule has 31 heavy (non-hydrogen) atoms. The third kappa shape index (κ3) is 5.02. The summed E-state index contributed by atoms with van der Waals surface area (Å²) in [5.74, 6) is -0.520. The predicted molar refractivity (Wildman–Crippen MR) is 110 cm³/mol. The summed E-state index contributed by atoms with van der Waals surface area (Å²) in [6, 6.07) is 11.8. The van der Waals surface area contributed by atoms with E-state index in [1.807, 2.05) is 0 Å². The maximum Gasteiger partial charge on any atom is 0.271 e. The molecule has 0 radical (unpaired) electrons. The highest BCUT2D eigenvalue weighted by Crippen LogP contribution is 2.19. The zero-order valence-corrected chi connectivity index (χ0v) is 16.2. The second-order valence-corrected chi connectivity index (χ2v) is 6.67. The molecule has 0 spiro atoms. The SMILES string of the molecule is O=C(N[C@H](Cc1cc(=O)[nH]c(-c2ccccn2)n1)c1ccc(F)cc1)c1cnccn1. The zero-order chi connectivity index (χ0) is 21.6. The van der Waals surface area contributed by atoms with Gasteiger partial charge in [-0.15, -0.1) is 0 Å². The monoisotopic (exact) mass is 416 g/mol. The number of nitrogens with zero attached hydrogens (tertiary/aromatic N) is 4. The Morgan fingerprint density at radius 2 is 1.90 bits per heavy atom. The Bertz CT molecular complexity index is 1230. The number of carbonyl (C=O) groups is 1. The Morgan fingerprint density at radius 1 is 1.06 bits per heavy atom. The largest absolute Gasteiger partial charge is 0.343 e. The van der Waals surface area contributed by atoms with Gasteiger partial charge in [-0.1, -0.05) is 18.2 Å². The van der Waals surface area contributed by atoms with Crippen molar-refractivity contribution in [1.82, 2.24) is 30.2 Å². The van der Waals surface area contributed by atoms with Crippen LogP contribution in [0.2, 0.25) is 0 Å². The lowest BCUT2D eigenvalue weighted by Gasteiger charge is -2.19. The van der Waals surface area contributed by atoms with Crippen molar-refractivity contribution in [3.05, 3.63) is 106 Å². The van der Waals surface area contributed by atoms with Crippen molar-refractivity contribution in [3.8, 4) is 11.5 Å². The number of amides is 1. The van der Waals surface area contributed by atoms with Crippen LogP contribution in [-0.4, -0.2) is 30.8 Å². The standard InChI is InChI=1S/C22H17FN6O2/c23-15-6-4-14(5-7-15)18(28-22(31)19-13-24-9-10-26-19)11-16-12-20(30)29-21(27-16)17-3-1-2-8-25-17/h1-10,12-13,18H,11H2,(H,28,31)(H,27,29,30)/t18-/m1/s1. The van der Waals surface area contributed by atoms with Gasteiger partial charge in [0, 0.05) is 31.1 Å². The Hall–Kier alpha value is -4.27. The highest BCUT2D eigenvalue weighted by Gasteiger charge is 2.19. The molecule has 1 atom stereocenters. The van der Waals surface area contributed by atoms with E-state index in [2.05, 4.69) is 30.2 Å². The number of hydrogen-bond donors (Lipinski definition) is 2. The van der Waals surface area contributed by atoms with E-state index in [4.69, 9.17) is 0 Å². The van der Waals surface area contributed by atoms with Gasteiger partial charge in [-0.05, 0) is 29.8 Å². The van der Waals surface area contributed by atoms with Gasteiger partial charge in [0.15, 0.2) is 5.82 Å². The molecule has 0 unspecified atom stereocenters. The van der Waals surface area contributed by atoms with Gasteiger partial charge >= 0.3 is 0 Å². The molecule has 4 rings (SSSR count). The van der Waals surface area contributed by atoms with Gasteiger partial charge in [0.1, 0.15) is 17.2 Å². The zero-order valence-electron chi connectivity index (χ0n) is 16.2. The predicted octanol–water partition coefficient (Wildman–Crippen LogP) is 2.47. The molecule has 8 nitrogen and oxygen atoms in total. The fourth-order valence-corrected chi connectivity index (χ4v) is 3.04. The molecule has 154 valence electrons.